The lowest BCUT2D eigenvalue weighted by Crippen LogP contribution is -2.80. The maximum absolute atomic E-state index is 14.3. The minimum atomic E-state index is -2.27. The molecule has 8 atom stereocenters. The first-order chi connectivity index (χ1) is 30.8. The number of amides is 2. The molecule has 2 aromatic rings. The van der Waals surface area contributed by atoms with Gasteiger partial charge in [0.15, 0.2) is 35.3 Å². The fraction of sp³-hybridized carbons (Fsp3) is 0.600. The molecule has 0 aromatic heterocycles. The number of ketones is 2. The van der Waals surface area contributed by atoms with Gasteiger partial charge in [-0.2, -0.15) is 0 Å². The maximum atomic E-state index is 14.3. The van der Waals surface area contributed by atoms with Crippen LogP contribution in [0.4, 0.5) is 0 Å². The van der Waals surface area contributed by atoms with E-state index in [-0.39, 0.29) is 57.0 Å². The quantitative estimate of drug-likeness (QED) is 0.136. The van der Waals surface area contributed by atoms with Gasteiger partial charge in [0, 0.05) is 23.2 Å². The first kappa shape index (κ1) is 46.2. The monoisotopic (exact) mass is 970 g/mol. The first-order valence-corrected chi connectivity index (χ1v) is 31.9. The van der Waals surface area contributed by atoms with E-state index in [0.29, 0.717) is 48.7 Å². The predicted octanol–water partition coefficient (Wildman–Crippen LogP) is 7.04. The molecular formula is C50H66N4O8S2Si2. The predicted molar refractivity (Wildman–Crippen MR) is 265 cm³/mol. The number of likely N-dealkylation sites (tertiary alicyclic amines) is 2. The third-order valence-corrected chi connectivity index (χ3v) is 28.7. The highest BCUT2D eigenvalue weighted by molar-refractivity contribution is 8.77. The Morgan fingerprint density at radius 3 is 1.42 bits per heavy atom. The second kappa shape index (κ2) is 15.0. The van der Waals surface area contributed by atoms with E-state index in [1.807, 2.05) is 24.3 Å². The highest BCUT2D eigenvalue weighted by Crippen LogP contribution is 2.66. The second-order valence-corrected chi connectivity index (χ2v) is 35.2. The van der Waals surface area contributed by atoms with Crippen molar-refractivity contribution in [3.05, 3.63) is 70.8 Å². The number of hydrogen-bond donors (Lipinski definition) is 2. The van der Waals surface area contributed by atoms with E-state index in [4.69, 9.17) is 18.3 Å². The summed E-state index contributed by atoms with van der Waals surface area (Å²) in [5.41, 5.74) is 0.889. The summed E-state index contributed by atoms with van der Waals surface area (Å²) in [7, 11) is 2.34. The van der Waals surface area contributed by atoms with E-state index in [0.717, 1.165) is 35.3 Å². The van der Waals surface area contributed by atoms with Crippen LogP contribution in [0.2, 0.25) is 36.3 Å². The molecule has 8 aliphatic rings. The van der Waals surface area contributed by atoms with Gasteiger partial charge in [-0.25, -0.2) is 0 Å². The third-order valence-electron chi connectivity index (χ3n) is 17.8. The Morgan fingerprint density at radius 1 is 0.682 bits per heavy atom. The Balaban J connectivity index is 0.881. The Bertz CT molecular complexity index is 2360. The topological polar surface area (TPSA) is 136 Å². The molecule has 2 saturated heterocycles. The molecule has 10 rings (SSSR count). The highest BCUT2D eigenvalue weighted by Gasteiger charge is 2.74. The van der Waals surface area contributed by atoms with Crippen LogP contribution in [0.5, 0.6) is 23.0 Å². The van der Waals surface area contributed by atoms with Crippen molar-refractivity contribution in [3.63, 3.8) is 0 Å². The number of hydrogen-bond acceptors (Lipinski definition) is 12. The molecule has 4 aliphatic heterocycles. The van der Waals surface area contributed by atoms with Crippen LogP contribution in [-0.4, -0.2) is 124 Å². The van der Waals surface area contributed by atoms with E-state index in [2.05, 4.69) is 114 Å². The molecule has 66 heavy (non-hydrogen) atoms. The van der Waals surface area contributed by atoms with E-state index < -0.39 is 50.8 Å². The fourth-order valence-corrected chi connectivity index (χ4v) is 16.2. The van der Waals surface area contributed by atoms with Crippen molar-refractivity contribution in [2.24, 2.45) is 0 Å². The minimum Gasteiger partial charge on any atom is -0.541 e. The zero-order valence-electron chi connectivity index (χ0n) is 40.6. The van der Waals surface area contributed by atoms with Gasteiger partial charge < -0.3 is 38.8 Å². The van der Waals surface area contributed by atoms with Crippen LogP contribution >= 0.6 is 21.6 Å². The Kier molecular flexibility index (Phi) is 10.5. The van der Waals surface area contributed by atoms with Crippen molar-refractivity contribution in [1.29, 1.82) is 0 Å². The molecule has 0 radical (unpaired) electrons. The lowest BCUT2D eigenvalue weighted by molar-refractivity contribution is -0.134. The average Bonchev–Trinajstić information content (AvgIpc) is 3.78. The fourth-order valence-electron chi connectivity index (χ4n) is 12.5. The van der Waals surface area contributed by atoms with Gasteiger partial charge in [-0.3, -0.25) is 19.2 Å². The summed E-state index contributed by atoms with van der Waals surface area (Å²) in [6.07, 6.45) is 8.18. The zero-order valence-corrected chi connectivity index (χ0v) is 44.2. The van der Waals surface area contributed by atoms with Gasteiger partial charge in [-0.15, -0.1) is 0 Å². The smallest absolute Gasteiger partial charge is 0.250 e. The molecule has 4 aliphatic carbocycles. The number of carbonyl (C=O) groups is 4. The van der Waals surface area contributed by atoms with Crippen molar-refractivity contribution < 1.29 is 37.5 Å². The lowest BCUT2D eigenvalue weighted by Gasteiger charge is -2.62. The number of benzene rings is 2. The molecular weight excluding hydrogens is 905 g/mol. The van der Waals surface area contributed by atoms with Gasteiger partial charge in [0.2, 0.25) is 11.8 Å². The van der Waals surface area contributed by atoms with Gasteiger partial charge >= 0.3 is 0 Å². The molecule has 0 saturated carbocycles. The van der Waals surface area contributed by atoms with Gasteiger partial charge in [-0.1, -0.05) is 87.4 Å². The van der Waals surface area contributed by atoms with Crippen LogP contribution in [0.3, 0.4) is 0 Å². The SMILES string of the molecule is CN1CC[C@]23c4c5ccc(O[Si](C)(C)C(C)(C)C)c4O[C@H]2C(=O)C=C[C@@]3(NC(=O)CSSCC(=O)N[C@@]23C=CC(=O)[C@@H]4Oc6c(O[Si](C)(C)C(C)(C)C)ccc7c6[C@@]42CCN(C)C3C7)C1C5. The van der Waals surface area contributed by atoms with E-state index >= 15 is 0 Å². The van der Waals surface area contributed by atoms with Crippen LogP contribution in [-0.2, 0) is 42.8 Å². The number of rotatable bonds is 11. The second-order valence-electron chi connectivity index (χ2n) is 23.2. The molecule has 16 heteroatoms. The lowest BCUT2D eigenvalue weighted by atomic mass is 9.49. The summed E-state index contributed by atoms with van der Waals surface area (Å²) >= 11 is 0. The largest absolute Gasteiger partial charge is 0.541 e. The summed E-state index contributed by atoms with van der Waals surface area (Å²) < 4.78 is 27.4. The molecule has 4 heterocycles. The standard InChI is InChI=1S/C50H66N4O8S2Si2/c1-45(2,3)65(9,10)61-33-15-13-29-25-35-49(19-17-31(55)43-47(49,21-23-53(35)7)39(29)41(33)59-43)51-37(57)27-63-64-28-38(58)52-50-20-18-32(56)44-48(50)22-24-54(8)36(50)26-30-14-16-34(42(60-44)40(30)48)62-66(11,12)46(4,5)6/h13-20,35-36,43-44H,21-28H2,1-12H3,(H,51,57)(H,52,58)/t35?,36?,43-,44-,47-,48-,49+,50+/m0/s1. The number of piperidine rings is 2. The number of ether oxygens (including phenoxy) is 2. The van der Waals surface area contributed by atoms with Gasteiger partial charge in [0.1, 0.15) is 11.5 Å². The maximum Gasteiger partial charge on any atom is 0.250 e. The normalized spacial score (nSPS) is 32.5. The van der Waals surface area contributed by atoms with Crippen molar-refractivity contribution >= 4 is 61.6 Å². The van der Waals surface area contributed by atoms with Crippen LogP contribution in [0.25, 0.3) is 0 Å². The highest BCUT2D eigenvalue weighted by atomic mass is 33.1. The van der Waals surface area contributed by atoms with Crippen molar-refractivity contribution in [3.8, 4) is 23.0 Å². The summed E-state index contributed by atoms with van der Waals surface area (Å²) in [6, 6.07) is 8.12. The first-order valence-electron chi connectivity index (χ1n) is 23.6. The van der Waals surface area contributed by atoms with Crippen LogP contribution < -0.4 is 29.0 Å². The van der Waals surface area contributed by atoms with E-state index in [1.54, 1.807) is 12.2 Å². The molecule has 4 bridgehead atoms. The summed E-state index contributed by atoms with van der Waals surface area (Å²) in [4.78, 5) is 61.1. The summed E-state index contributed by atoms with van der Waals surface area (Å²) in [6.45, 7) is 23.6. The minimum absolute atomic E-state index is 0.0447. The summed E-state index contributed by atoms with van der Waals surface area (Å²) in [5, 5.41) is 6.93. The number of carbonyl (C=O) groups excluding carboxylic acids is 4. The van der Waals surface area contributed by atoms with Crippen LogP contribution in [0.15, 0.2) is 48.6 Å². The molecule has 2 N–H and O–H groups in total. The number of likely N-dealkylation sites (N-methyl/N-ethyl adjacent to an activating group) is 2. The molecule has 2 unspecified atom stereocenters. The molecule has 2 fully saturated rings. The Morgan fingerprint density at radius 2 is 1.06 bits per heavy atom. The van der Waals surface area contributed by atoms with Crippen molar-refractivity contribution in [1.82, 2.24) is 20.4 Å². The van der Waals surface area contributed by atoms with Crippen molar-refractivity contribution in [2.45, 2.75) is 150 Å². The molecule has 354 valence electrons. The Hall–Kier alpha value is -3.55. The van der Waals surface area contributed by atoms with Crippen LogP contribution in [0.1, 0.15) is 76.6 Å². The Labute approximate surface area is 399 Å². The van der Waals surface area contributed by atoms with E-state index in [1.165, 1.54) is 21.6 Å². The van der Waals surface area contributed by atoms with Crippen LogP contribution in [0, 0.1) is 0 Å². The van der Waals surface area contributed by atoms with Crippen molar-refractivity contribution in [2.75, 3.05) is 38.7 Å². The zero-order chi connectivity index (χ0) is 47.4. The molecule has 2 spiro atoms. The average molecular weight is 971 g/mol. The number of nitrogens with zero attached hydrogens (tertiary/aromatic N) is 2. The van der Waals surface area contributed by atoms with E-state index in [9.17, 15) is 19.2 Å². The molecule has 2 aromatic carbocycles. The third kappa shape index (κ3) is 6.21. The van der Waals surface area contributed by atoms with Gasteiger partial charge in [0.25, 0.3) is 16.6 Å². The molecule has 2 amide bonds. The van der Waals surface area contributed by atoms with Gasteiger partial charge in [0.05, 0.1) is 33.4 Å². The molecule has 12 nitrogen and oxygen atoms in total. The summed E-state index contributed by atoms with van der Waals surface area (Å²) in [5.74, 6) is 2.33. The van der Waals surface area contributed by atoms with Gasteiger partial charge in [-0.05, 0) is 125 Å². The number of nitrogens with one attached hydrogen (secondary N) is 2.